The minimum Gasteiger partial charge on any atom is -0.479 e. The van der Waals surface area contributed by atoms with Gasteiger partial charge in [-0.1, -0.05) is 79.7 Å². The summed E-state index contributed by atoms with van der Waals surface area (Å²) in [5.41, 5.74) is -0.936. The van der Waals surface area contributed by atoms with Crippen LogP contribution in [-0.2, 0) is 25.6 Å². The molecule has 0 saturated heterocycles. The third-order valence-electron chi connectivity index (χ3n) is 4.59. The first-order chi connectivity index (χ1) is 12.9. The van der Waals surface area contributed by atoms with Gasteiger partial charge < -0.3 is 10.00 Å². The zero-order valence-electron chi connectivity index (χ0n) is 14.9. The molecule has 0 radical (unpaired) electrons. The van der Waals surface area contributed by atoms with Crippen LogP contribution in [0.1, 0.15) is 24.5 Å². The zero-order chi connectivity index (χ0) is 19.5. The molecule has 0 amide bonds. The van der Waals surface area contributed by atoms with E-state index in [1.807, 2.05) is 18.2 Å². The maximum Gasteiger partial charge on any atom is 0.341 e. The molecule has 0 saturated carbocycles. The Kier molecular flexibility index (Phi) is 5.47. The van der Waals surface area contributed by atoms with Crippen LogP contribution in [0.5, 0.6) is 0 Å². The molecule has 2 atom stereocenters. The van der Waals surface area contributed by atoms with E-state index in [9.17, 15) is 19.4 Å². The normalized spacial score (nSPS) is 15.8. The first-order valence-electron chi connectivity index (χ1n) is 8.66. The van der Waals surface area contributed by atoms with Gasteiger partial charge in [-0.3, -0.25) is 9.09 Å². The lowest BCUT2D eigenvalue weighted by Crippen LogP contribution is -2.37. The minimum atomic E-state index is -4.23. The minimum absolute atomic E-state index is 0.00960. The number of carboxylic acids is 1. The number of carboxylic acid groups (broad SMARTS) is 1. The molecule has 0 aliphatic carbocycles. The lowest BCUT2D eigenvalue weighted by molar-refractivity contribution is -0.157. The van der Waals surface area contributed by atoms with Crippen LogP contribution in [-0.4, -0.2) is 16.0 Å². The van der Waals surface area contributed by atoms with Crippen LogP contribution in [0.4, 0.5) is 0 Å². The summed E-state index contributed by atoms with van der Waals surface area (Å²) >= 11 is 0. The van der Waals surface area contributed by atoms with Gasteiger partial charge in [-0.15, -0.1) is 0 Å². The summed E-state index contributed by atoms with van der Waals surface area (Å²) in [7, 11) is -4.23. The van der Waals surface area contributed by atoms with Gasteiger partial charge in [-0.05, 0) is 22.8 Å². The van der Waals surface area contributed by atoms with E-state index in [4.69, 9.17) is 4.52 Å². The van der Waals surface area contributed by atoms with Gasteiger partial charge in [0.1, 0.15) is 0 Å². The average Bonchev–Trinajstić information content (AvgIpc) is 2.66. The SMILES string of the molecule is CCC(OP(=O)(O)Cc1ccccc1)(C(=O)O)c1cccc2ccccc12. The first kappa shape index (κ1) is 19.3. The van der Waals surface area contributed by atoms with Crippen molar-refractivity contribution in [3.05, 3.63) is 83.9 Å². The molecule has 6 heteroatoms. The van der Waals surface area contributed by atoms with Gasteiger partial charge in [0.15, 0.2) is 5.60 Å². The van der Waals surface area contributed by atoms with E-state index in [2.05, 4.69) is 0 Å². The fraction of sp³-hybridized carbons (Fsp3) is 0.190. The predicted octanol–water partition coefficient (Wildman–Crippen LogP) is 4.93. The topological polar surface area (TPSA) is 83.8 Å². The Hall–Kier alpha value is -2.46. The number of carbonyl (C=O) groups is 1. The molecule has 27 heavy (non-hydrogen) atoms. The van der Waals surface area contributed by atoms with E-state index in [0.29, 0.717) is 16.5 Å². The molecule has 0 aromatic heterocycles. The van der Waals surface area contributed by atoms with Gasteiger partial charge in [0, 0.05) is 5.56 Å². The molecule has 0 heterocycles. The number of hydrogen-bond donors (Lipinski definition) is 2. The predicted molar refractivity (Wildman–Crippen MR) is 105 cm³/mol. The fourth-order valence-electron chi connectivity index (χ4n) is 3.28. The molecule has 3 rings (SSSR count). The molecule has 2 unspecified atom stereocenters. The van der Waals surface area contributed by atoms with Crippen molar-refractivity contribution in [1.82, 2.24) is 0 Å². The van der Waals surface area contributed by atoms with Gasteiger partial charge >= 0.3 is 13.6 Å². The smallest absolute Gasteiger partial charge is 0.341 e. The maximum absolute atomic E-state index is 12.8. The van der Waals surface area contributed by atoms with Gasteiger partial charge in [0.25, 0.3) is 0 Å². The van der Waals surface area contributed by atoms with Crippen LogP contribution in [0.25, 0.3) is 10.8 Å². The molecule has 3 aromatic rings. The third kappa shape index (κ3) is 3.96. The number of aliphatic carboxylic acids is 1. The lowest BCUT2D eigenvalue weighted by atomic mass is 9.87. The second kappa shape index (κ2) is 7.65. The maximum atomic E-state index is 12.8. The summed E-state index contributed by atoms with van der Waals surface area (Å²) in [5.74, 6) is -1.29. The quantitative estimate of drug-likeness (QED) is 0.564. The molecule has 3 aromatic carbocycles. The molecular formula is C21H21O5P. The number of fused-ring (bicyclic) bond motifs is 1. The Morgan fingerprint density at radius 2 is 1.63 bits per heavy atom. The molecule has 2 N–H and O–H groups in total. The standard InChI is InChI=1S/C21H21O5P/c1-2-21(20(22)23,19-14-8-12-17-11-6-7-13-18(17)19)26-27(24,25)15-16-9-4-3-5-10-16/h3-14H,2,15H2,1H3,(H,22,23)(H,24,25). The first-order valence-corrected chi connectivity index (χ1v) is 10.4. The largest absolute Gasteiger partial charge is 0.479 e. The summed E-state index contributed by atoms with van der Waals surface area (Å²) in [6.07, 6.45) is -0.247. The Morgan fingerprint density at radius 3 is 2.30 bits per heavy atom. The Labute approximate surface area is 157 Å². The highest BCUT2D eigenvalue weighted by atomic mass is 31.2. The van der Waals surface area contributed by atoms with E-state index < -0.39 is 19.2 Å². The molecule has 140 valence electrons. The number of benzene rings is 3. The summed E-state index contributed by atoms with van der Waals surface area (Å²) in [5, 5.41) is 11.5. The number of hydrogen-bond acceptors (Lipinski definition) is 3. The van der Waals surface area contributed by atoms with Gasteiger partial charge in [0.05, 0.1) is 6.16 Å². The summed E-state index contributed by atoms with van der Waals surface area (Å²) in [4.78, 5) is 22.8. The third-order valence-corrected chi connectivity index (χ3v) is 5.95. The second-order valence-electron chi connectivity index (χ2n) is 6.38. The highest BCUT2D eigenvalue weighted by Gasteiger charge is 2.46. The van der Waals surface area contributed by atoms with Gasteiger partial charge in [-0.2, -0.15) is 0 Å². The van der Waals surface area contributed by atoms with E-state index >= 15 is 0 Å². The van der Waals surface area contributed by atoms with Crippen molar-refractivity contribution in [1.29, 1.82) is 0 Å². The zero-order valence-corrected chi connectivity index (χ0v) is 15.8. The Morgan fingerprint density at radius 1 is 1.00 bits per heavy atom. The van der Waals surface area contributed by atoms with Crippen LogP contribution in [0, 0.1) is 0 Å². The van der Waals surface area contributed by atoms with Crippen molar-refractivity contribution in [3.63, 3.8) is 0 Å². The molecule has 0 bridgehead atoms. The summed E-state index contributed by atoms with van der Waals surface area (Å²) < 4.78 is 18.4. The monoisotopic (exact) mass is 384 g/mol. The van der Waals surface area contributed by atoms with E-state index in [1.165, 1.54) is 0 Å². The van der Waals surface area contributed by atoms with Crippen LogP contribution < -0.4 is 0 Å². The fourth-order valence-corrected chi connectivity index (χ4v) is 4.81. The summed E-state index contributed by atoms with van der Waals surface area (Å²) in [6, 6.07) is 21.3. The van der Waals surface area contributed by atoms with Crippen LogP contribution in [0.2, 0.25) is 0 Å². The summed E-state index contributed by atoms with van der Waals surface area (Å²) in [6.45, 7) is 1.64. The van der Waals surface area contributed by atoms with Crippen molar-refractivity contribution in [2.75, 3.05) is 0 Å². The number of rotatable bonds is 7. The molecular weight excluding hydrogens is 363 g/mol. The Bertz CT molecular complexity index is 996. The van der Waals surface area contributed by atoms with Gasteiger partial charge in [-0.25, -0.2) is 4.79 Å². The Balaban J connectivity index is 2.08. The molecule has 0 spiro atoms. The van der Waals surface area contributed by atoms with Crippen LogP contribution >= 0.6 is 7.60 Å². The lowest BCUT2D eigenvalue weighted by Gasteiger charge is -2.32. The van der Waals surface area contributed by atoms with Crippen LogP contribution in [0.3, 0.4) is 0 Å². The van der Waals surface area contributed by atoms with E-state index in [1.54, 1.807) is 61.5 Å². The molecule has 5 nitrogen and oxygen atoms in total. The highest BCUT2D eigenvalue weighted by Crippen LogP contribution is 2.53. The molecule has 0 aliphatic heterocycles. The molecule has 0 fully saturated rings. The average molecular weight is 384 g/mol. The highest BCUT2D eigenvalue weighted by molar-refractivity contribution is 7.52. The van der Waals surface area contributed by atoms with Gasteiger partial charge in [0.2, 0.25) is 0 Å². The van der Waals surface area contributed by atoms with Crippen molar-refractivity contribution in [3.8, 4) is 0 Å². The van der Waals surface area contributed by atoms with Crippen LogP contribution in [0.15, 0.2) is 72.8 Å². The van der Waals surface area contributed by atoms with E-state index in [0.717, 1.165) is 5.39 Å². The van der Waals surface area contributed by atoms with Crippen molar-refractivity contribution in [2.24, 2.45) is 0 Å². The van der Waals surface area contributed by atoms with Crippen molar-refractivity contribution >= 4 is 24.3 Å². The molecule has 0 aliphatic rings. The van der Waals surface area contributed by atoms with Crippen molar-refractivity contribution in [2.45, 2.75) is 25.1 Å². The second-order valence-corrected chi connectivity index (χ2v) is 8.16. The van der Waals surface area contributed by atoms with E-state index in [-0.39, 0.29) is 12.6 Å². The van der Waals surface area contributed by atoms with Crippen molar-refractivity contribution < 1.29 is 23.9 Å².